The molecule has 1 saturated heterocycles. The van der Waals surface area contributed by atoms with E-state index in [4.69, 9.17) is 4.18 Å². The van der Waals surface area contributed by atoms with Gasteiger partial charge in [0.05, 0.1) is 6.61 Å². The number of rotatable bonds is 3. The van der Waals surface area contributed by atoms with E-state index >= 15 is 0 Å². The lowest BCUT2D eigenvalue weighted by Crippen LogP contribution is -2.15. The largest absolute Gasteiger partial charge is 0.315 e. The summed E-state index contributed by atoms with van der Waals surface area (Å²) in [5.41, 5.74) is 0. The first-order valence-corrected chi connectivity index (χ1v) is 4.82. The van der Waals surface area contributed by atoms with Gasteiger partial charge in [-0.25, -0.2) is 0 Å². The second-order valence-corrected chi connectivity index (χ2v) is 3.44. The standard InChI is InChI=1S/C7H15NOS/c1-8-4-3-7(5-8)6-9-10-2/h7H,3-6H2,1-2H3/t7-/m1/s1. The molecule has 1 aliphatic heterocycles. The van der Waals surface area contributed by atoms with Gasteiger partial charge in [0.2, 0.25) is 0 Å². The van der Waals surface area contributed by atoms with E-state index < -0.39 is 0 Å². The van der Waals surface area contributed by atoms with Crippen molar-refractivity contribution in [3.05, 3.63) is 0 Å². The van der Waals surface area contributed by atoms with Crippen LogP contribution in [0.15, 0.2) is 0 Å². The Kier molecular flexibility index (Phi) is 3.52. The van der Waals surface area contributed by atoms with E-state index in [1.807, 2.05) is 6.26 Å². The van der Waals surface area contributed by atoms with E-state index in [0.717, 1.165) is 12.5 Å². The maximum absolute atomic E-state index is 5.26. The molecule has 0 bridgehead atoms. The summed E-state index contributed by atoms with van der Waals surface area (Å²) in [6.45, 7) is 3.37. The summed E-state index contributed by atoms with van der Waals surface area (Å²) in [4.78, 5) is 2.36. The highest BCUT2D eigenvalue weighted by molar-refractivity contribution is 7.93. The van der Waals surface area contributed by atoms with Crippen molar-refractivity contribution in [2.45, 2.75) is 6.42 Å². The molecular weight excluding hydrogens is 146 g/mol. The topological polar surface area (TPSA) is 12.5 Å². The molecule has 1 fully saturated rings. The van der Waals surface area contributed by atoms with E-state index in [2.05, 4.69) is 11.9 Å². The lowest BCUT2D eigenvalue weighted by Gasteiger charge is -2.08. The van der Waals surface area contributed by atoms with Crippen LogP contribution in [0.25, 0.3) is 0 Å². The minimum Gasteiger partial charge on any atom is -0.315 e. The van der Waals surface area contributed by atoms with Crippen LogP contribution in [0.4, 0.5) is 0 Å². The van der Waals surface area contributed by atoms with Crippen LogP contribution in [0, 0.1) is 5.92 Å². The fourth-order valence-electron chi connectivity index (χ4n) is 1.33. The fraction of sp³-hybridized carbons (Fsp3) is 1.00. The van der Waals surface area contributed by atoms with Crippen LogP contribution >= 0.6 is 12.0 Å². The third-order valence-electron chi connectivity index (χ3n) is 1.91. The molecule has 10 heavy (non-hydrogen) atoms. The first kappa shape index (κ1) is 8.37. The fourth-order valence-corrected chi connectivity index (χ4v) is 1.66. The van der Waals surface area contributed by atoms with Gasteiger partial charge < -0.3 is 9.08 Å². The Morgan fingerprint density at radius 3 is 3.00 bits per heavy atom. The zero-order valence-corrected chi connectivity index (χ0v) is 7.49. The van der Waals surface area contributed by atoms with Crippen LogP contribution in [-0.4, -0.2) is 37.9 Å². The van der Waals surface area contributed by atoms with Crippen molar-refractivity contribution >= 4 is 12.0 Å². The third-order valence-corrected chi connectivity index (χ3v) is 2.28. The SMILES string of the molecule is CSOC[C@@H]1CCN(C)C1. The Morgan fingerprint density at radius 2 is 2.50 bits per heavy atom. The molecule has 1 heterocycles. The highest BCUT2D eigenvalue weighted by atomic mass is 32.2. The van der Waals surface area contributed by atoms with Crippen molar-refractivity contribution in [1.82, 2.24) is 4.90 Å². The molecule has 0 amide bonds. The van der Waals surface area contributed by atoms with Crippen molar-refractivity contribution in [3.63, 3.8) is 0 Å². The lowest BCUT2D eigenvalue weighted by atomic mass is 10.1. The molecule has 0 unspecified atom stereocenters. The molecule has 2 nitrogen and oxygen atoms in total. The van der Waals surface area contributed by atoms with Crippen LogP contribution in [-0.2, 0) is 4.18 Å². The number of hydrogen-bond donors (Lipinski definition) is 0. The third kappa shape index (κ3) is 2.48. The molecule has 1 aliphatic rings. The molecule has 3 heteroatoms. The second-order valence-electron chi connectivity index (χ2n) is 2.87. The van der Waals surface area contributed by atoms with Crippen molar-refractivity contribution in [3.8, 4) is 0 Å². The molecule has 0 aromatic rings. The van der Waals surface area contributed by atoms with Gasteiger partial charge in [-0.1, -0.05) is 0 Å². The Bertz CT molecular complexity index is 99.6. The zero-order chi connectivity index (χ0) is 7.40. The Hall–Kier alpha value is 0.270. The van der Waals surface area contributed by atoms with Crippen molar-refractivity contribution in [1.29, 1.82) is 0 Å². The molecule has 0 spiro atoms. The van der Waals surface area contributed by atoms with Gasteiger partial charge in [-0.3, -0.25) is 0 Å². The predicted molar refractivity (Wildman–Crippen MR) is 45.1 cm³/mol. The quantitative estimate of drug-likeness (QED) is 0.578. The van der Waals surface area contributed by atoms with E-state index in [1.165, 1.54) is 31.6 Å². The lowest BCUT2D eigenvalue weighted by molar-refractivity contribution is 0.285. The molecule has 0 radical (unpaired) electrons. The molecule has 0 aliphatic carbocycles. The van der Waals surface area contributed by atoms with Crippen LogP contribution in [0.5, 0.6) is 0 Å². The summed E-state index contributed by atoms with van der Waals surface area (Å²) < 4.78 is 5.26. The predicted octanol–water partition coefficient (Wildman–Crippen LogP) is 1.23. The number of likely N-dealkylation sites (tertiary alicyclic amines) is 1. The average molecular weight is 161 g/mol. The molecule has 1 rings (SSSR count). The molecule has 0 aromatic carbocycles. The van der Waals surface area contributed by atoms with Crippen LogP contribution in [0.2, 0.25) is 0 Å². The van der Waals surface area contributed by atoms with Crippen LogP contribution in [0.1, 0.15) is 6.42 Å². The van der Waals surface area contributed by atoms with Gasteiger partial charge in [0.1, 0.15) is 0 Å². The molecule has 1 atom stereocenters. The van der Waals surface area contributed by atoms with Crippen LogP contribution in [0.3, 0.4) is 0 Å². The summed E-state index contributed by atoms with van der Waals surface area (Å²) in [6.07, 6.45) is 3.27. The molecule has 0 aromatic heterocycles. The highest BCUT2D eigenvalue weighted by Gasteiger charge is 2.18. The summed E-state index contributed by atoms with van der Waals surface area (Å²) in [5, 5.41) is 0. The molecule has 0 saturated carbocycles. The number of hydrogen-bond acceptors (Lipinski definition) is 3. The van der Waals surface area contributed by atoms with Gasteiger partial charge in [-0.2, -0.15) is 0 Å². The van der Waals surface area contributed by atoms with E-state index in [-0.39, 0.29) is 0 Å². The van der Waals surface area contributed by atoms with Gasteiger partial charge in [-0.15, -0.1) is 0 Å². The molecule has 60 valence electrons. The first-order valence-electron chi connectivity index (χ1n) is 3.67. The summed E-state index contributed by atoms with van der Waals surface area (Å²) >= 11 is 1.47. The van der Waals surface area contributed by atoms with E-state index in [9.17, 15) is 0 Å². The Labute approximate surface area is 67.1 Å². The minimum absolute atomic E-state index is 0.775. The van der Waals surface area contributed by atoms with Crippen molar-refractivity contribution in [2.24, 2.45) is 5.92 Å². The normalized spacial score (nSPS) is 27.6. The zero-order valence-electron chi connectivity index (χ0n) is 6.67. The van der Waals surface area contributed by atoms with Gasteiger partial charge in [0, 0.05) is 12.8 Å². The Balaban J connectivity index is 2.06. The second kappa shape index (κ2) is 4.21. The van der Waals surface area contributed by atoms with Gasteiger partial charge >= 0.3 is 0 Å². The highest BCUT2D eigenvalue weighted by Crippen LogP contribution is 2.15. The monoisotopic (exact) mass is 161 g/mol. The minimum atomic E-state index is 0.775. The summed E-state index contributed by atoms with van der Waals surface area (Å²) in [7, 11) is 2.17. The van der Waals surface area contributed by atoms with Gasteiger partial charge in [-0.05, 0) is 38.0 Å². The maximum atomic E-state index is 5.26. The van der Waals surface area contributed by atoms with Crippen molar-refractivity contribution in [2.75, 3.05) is 33.0 Å². The Morgan fingerprint density at radius 1 is 1.70 bits per heavy atom. The van der Waals surface area contributed by atoms with Gasteiger partial charge in [0.25, 0.3) is 0 Å². The molecule has 0 N–H and O–H groups in total. The smallest absolute Gasteiger partial charge is 0.0654 e. The number of nitrogens with zero attached hydrogens (tertiary/aromatic N) is 1. The summed E-state index contributed by atoms with van der Waals surface area (Å²) in [6, 6.07) is 0. The first-order chi connectivity index (χ1) is 4.83. The van der Waals surface area contributed by atoms with E-state index in [0.29, 0.717) is 0 Å². The summed E-state index contributed by atoms with van der Waals surface area (Å²) in [5.74, 6) is 0.775. The van der Waals surface area contributed by atoms with Gasteiger partial charge in [0.15, 0.2) is 0 Å². The van der Waals surface area contributed by atoms with E-state index in [1.54, 1.807) is 0 Å². The van der Waals surface area contributed by atoms with Crippen LogP contribution < -0.4 is 0 Å². The van der Waals surface area contributed by atoms with Crippen molar-refractivity contribution < 1.29 is 4.18 Å². The molecular formula is C7H15NOS. The maximum Gasteiger partial charge on any atom is 0.0654 e. The average Bonchev–Trinajstić information content (AvgIpc) is 2.31.